The minimum absolute atomic E-state index is 0.0242. The van der Waals surface area contributed by atoms with Crippen LogP contribution in [0, 0.1) is 24.7 Å². The zero-order chi connectivity index (χ0) is 32.9. The molecular formula is C33H49FN6O4S. The number of carbonyl (C=O) groups excluding carboxylic acids is 2. The molecule has 0 radical (unpaired) electrons. The molecule has 3 heterocycles. The van der Waals surface area contributed by atoms with Crippen LogP contribution < -0.4 is 10.6 Å². The molecule has 1 fully saturated rings. The van der Waals surface area contributed by atoms with E-state index in [0.29, 0.717) is 53.8 Å². The number of anilines is 1. The minimum atomic E-state index is -0.823. The molecule has 0 aromatic carbocycles. The third-order valence-corrected chi connectivity index (χ3v) is 9.87. The molecular weight excluding hydrogens is 595 g/mol. The number of amides is 2. The molecule has 2 N–H and O–H groups in total. The topological polar surface area (TPSA) is 124 Å². The van der Waals surface area contributed by atoms with Gasteiger partial charge < -0.3 is 19.9 Å². The average molecular weight is 645 g/mol. The van der Waals surface area contributed by atoms with Crippen LogP contribution in [0.3, 0.4) is 0 Å². The summed E-state index contributed by atoms with van der Waals surface area (Å²) in [6.07, 6.45) is 12.2. The molecule has 1 saturated carbocycles. The van der Waals surface area contributed by atoms with E-state index in [1.165, 1.54) is 6.26 Å². The molecule has 1 atom stereocenters. The van der Waals surface area contributed by atoms with Gasteiger partial charge in [-0.2, -0.15) is 9.49 Å². The lowest BCUT2D eigenvalue weighted by Crippen LogP contribution is -2.49. The van der Waals surface area contributed by atoms with Crippen LogP contribution in [0.2, 0.25) is 0 Å². The largest absolute Gasteiger partial charge is 0.364 e. The summed E-state index contributed by atoms with van der Waals surface area (Å²) in [5, 5.41) is 14.3. The summed E-state index contributed by atoms with van der Waals surface area (Å²) in [6.45, 7) is 10.8. The second kappa shape index (κ2) is 14.9. The summed E-state index contributed by atoms with van der Waals surface area (Å²) in [4.78, 5) is 31.1. The number of rotatable bonds is 13. The second-order valence-electron chi connectivity index (χ2n) is 13.4. The first-order chi connectivity index (χ1) is 21.3. The van der Waals surface area contributed by atoms with Crippen molar-refractivity contribution in [1.29, 1.82) is 0 Å². The monoisotopic (exact) mass is 644 g/mol. The zero-order valence-electron chi connectivity index (χ0n) is 27.9. The van der Waals surface area contributed by atoms with Gasteiger partial charge >= 0.3 is 0 Å². The van der Waals surface area contributed by atoms with Crippen molar-refractivity contribution < 1.29 is 23.2 Å². The van der Waals surface area contributed by atoms with Gasteiger partial charge in [0, 0.05) is 22.6 Å². The molecule has 45 heavy (non-hydrogen) atoms. The number of hydrogen-bond donors (Lipinski definition) is 2. The van der Waals surface area contributed by atoms with Crippen LogP contribution in [0.4, 0.5) is 10.2 Å². The maximum atomic E-state index is 15.6. The van der Waals surface area contributed by atoms with Gasteiger partial charge in [0.15, 0.2) is 0 Å². The van der Waals surface area contributed by atoms with Gasteiger partial charge in [-0.15, -0.1) is 0 Å². The number of ether oxygens (including phenoxy) is 1. The molecule has 1 aliphatic rings. The first kappa shape index (κ1) is 34.6. The fourth-order valence-corrected chi connectivity index (χ4v) is 6.49. The SMILES string of the molecule is CCc1c(-c2ccc(NC(=O)[C@@H](NC(=O)c3conc3C(C)C)C3CCC(C)CC3)nc2F)c(C)nn1COCCS(C)(C)C. The summed E-state index contributed by atoms with van der Waals surface area (Å²) in [6, 6.07) is 2.39. The van der Waals surface area contributed by atoms with Gasteiger partial charge in [0.25, 0.3) is 5.91 Å². The molecule has 0 aliphatic heterocycles. The fourth-order valence-electron chi connectivity index (χ4n) is 5.87. The van der Waals surface area contributed by atoms with Crippen LogP contribution in [0.5, 0.6) is 0 Å². The number of hydrogen-bond acceptors (Lipinski definition) is 7. The lowest BCUT2D eigenvalue weighted by atomic mass is 9.79. The summed E-state index contributed by atoms with van der Waals surface area (Å²) in [5.41, 5.74) is 3.37. The predicted octanol–water partition coefficient (Wildman–Crippen LogP) is 6.30. The van der Waals surface area contributed by atoms with E-state index in [4.69, 9.17) is 9.26 Å². The van der Waals surface area contributed by atoms with Gasteiger partial charge in [0.2, 0.25) is 11.9 Å². The Bertz CT molecular complexity index is 1470. The van der Waals surface area contributed by atoms with Crippen LogP contribution in [0.1, 0.15) is 86.7 Å². The third-order valence-electron chi connectivity index (χ3n) is 8.48. The summed E-state index contributed by atoms with van der Waals surface area (Å²) in [7, 11) is -0.664. The normalized spacial score (nSPS) is 18.2. The average Bonchev–Trinajstić information content (AvgIpc) is 3.59. The van der Waals surface area contributed by atoms with E-state index in [1.807, 2.05) is 27.7 Å². The fraction of sp³-hybridized carbons (Fsp3) is 0.606. The molecule has 248 valence electrons. The molecule has 2 amide bonds. The van der Waals surface area contributed by atoms with E-state index in [0.717, 1.165) is 37.1 Å². The van der Waals surface area contributed by atoms with Gasteiger partial charge in [-0.3, -0.25) is 9.59 Å². The first-order valence-electron chi connectivity index (χ1n) is 15.8. The van der Waals surface area contributed by atoms with E-state index in [-0.39, 0.29) is 17.7 Å². The van der Waals surface area contributed by atoms with E-state index in [1.54, 1.807) is 16.8 Å². The molecule has 12 heteroatoms. The molecule has 0 bridgehead atoms. The van der Waals surface area contributed by atoms with Gasteiger partial charge in [-0.25, -0.2) is 19.7 Å². The molecule has 1 aliphatic carbocycles. The molecule has 0 unspecified atom stereocenters. The Labute approximate surface area is 267 Å². The third kappa shape index (κ3) is 8.72. The minimum Gasteiger partial charge on any atom is -0.364 e. The van der Waals surface area contributed by atoms with Gasteiger partial charge in [-0.05, 0) is 74.8 Å². The maximum Gasteiger partial charge on any atom is 0.257 e. The number of aryl methyl sites for hydroxylation is 1. The summed E-state index contributed by atoms with van der Waals surface area (Å²) in [5.74, 6) is -0.0141. The van der Waals surface area contributed by atoms with Crippen molar-refractivity contribution in [2.24, 2.45) is 11.8 Å². The van der Waals surface area contributed by atoms with Crippen LogP contribution in [0.15, 0.2) is 22.9 Å². The number of nitrogens with one attached hydrogen (secondary N) is 2. The highest BCUT2D eigenvalue weighted by Crippen LogP contribution is 2.34. The maximum absolute atomic E-state index is 15.6. The quantitative estimate of drug-likeness (QED) is 0.165. The van der Waals surface area contributed by atoms with Crippen molar-refractivity contribution in [3.8, 4) is 11.1 Å². The van der Waals surface area contributed by atoms with Gasteiger partial charge in [-0.1, -0.05) is 45.7 Å². The van der Waals surface area contributed by atoms with Crippen molar-refractivity contribution in [2.75, 3.05) is 36.4 Å². The predicted molar refractivity (Wildman–Crippen MR) is 177 cm³/mol. The van der Waals surface area contributed by atoms with E-state index in [9.17, 15) is 9.59 Å². The van der Waals surface area contributed by atoms with E-state index < -0.39 is 33.8 Å². The van der Waals surface area contributed by atoms with Crippen molar-refractivity contribution in [1.82, 2.24) is 25.2 Å². The molecule has 0 spiro atoms. The van der Waals surface area contributed by atoms with Crippen molar-refractivity contribution >= 4 is 27.7 Å². The van der Waals surface area contributed by atoms with E-state index >= 15 is 4.39 Å². The van der Waals surface area contributed by atoms with Crippen LogP contribution in [-0.4, -0.2) is 68.9 Å². The highest BCUT2D eigenvalue weighted by molar-refractivity contribution is 8.32. The Balaban J connectivity index is 1.52. The number of carbonyl (C=O) groups is 2. The number of nitrogens with zero attached hydrogens (tertiary/aromatic N) is 4. The number of pyridine rings is 1. The van der Waals surface area contributed by atoms with Crippen molar-refractivity contribution in [3.05, 3.63) is 47.0 Å². The molecule has 10 nitrogen and oxygen atoms in total. The molecule has 4 rings (SSSR count). The standard InChI is InChI=1S/C33H49FN6O4S/c1-9-26-28(22(5)38-40(26)19-43-16-17-45(6,7)8)24-14-15-27(35-31(24)34)36-33(42)30(23-12-10-21(4)11-13-23)37-32(41)25-18-44-39-29(25)20(2)3/h14-15,18,20-21,23,30H,9-13,16-17,19H2,1-8H3,(H,37,41)(H,35,36,42)/t21?,23?,30-/m0/s1. The Morgan fingerprint density at radius 2 is 1.89 bits per heavy atom. The number of aromatic nitrogens is 4. The highest BCUT2D eigenvalue weighted by atomic mass is 32.3. The highest BCUT2D eigenvalue weighted by Gasteiger charge is 2.34. The molecule has 3 aromatic rings. The van der Waals surface area contributed by atoms with Crippen LogP contribution >= 0.6 is 10.0 Å². The molecule has 0 saturated heterocycles. The lowest BCUT2D eigenvalue weighted by Gasteiger charge is -2.32. The van der Waals surface area contributed by atoms with E-state index in [2.05, 4.69) is 51.6 Å². The first-order valence-corrected chi connectivity index (χ1v) is 18.8. The van der Waals surface area contributed by atoms with Crippen LogP contribution in [0.25, 0.3) is 11.1 Å². The Morgan fingerprint density at radius 3 is 2.51 bits per heavy atom. The Kier molecular flexibility index (Phi) is 11.5. The summed E-state index contributed by atoms with van der Waals surface area (Å²) >= 11 is 0. The summed E-state index contributed by atoms with van der Waals surface area (Å²) < 4.78 is 28.4. The smallest absolute Gasteiger partial charge is 0.257 e. The van der Waals surface area contributed by atoms with Crippen molar-refractivity contribution in [2.45, 2.75) is 85.4 Å². The Morgan fingerprint density at radius 1 is 1.18 bits per heavy atom. The lowest BCUT2D eigenvalue weighted by molar-refractivity contribution is -0.119. The van der Waals surface area contributed by atoms with Gasteiger partial charge in [0.1, 0.15) is 30.4 Å². The molecule has 3 aromatic heterocycles. The number of halogens is 1. The second-order valence-corrected chi connectivity index (χ2v) is 17.9. The Hall–Kier alpha value is -3.25. The van der Waals surface area contributed by atoms with Crippen LogP contribution in [-0.2, 0) is 22.7 Å². The van der Waals surface area contributed by atoms with Gasteiger partial charge in [0.05, 0.1) is 18.0 Å². The zero-order valence-corrected chi connectivity index (χ0v) is 28.7. The van der Waals surface area contributed by atoms with Crippen molar-refractivity contribution in [3.63, 3.8) is 0 Å².